The second-order valence-corrected chi connectivity index (χ2v) is 3.19. The lowest BCUT2D eigenvalue weighted by atomic mass is 10.3. The maximum atomic E-state index is 10.6. The van der Waals surface area contributed by atoms with E-state index in [1.165, 1.54) is 6.20 Å². The van der Waals surface area contributed by atoms with E-state index >= 15 is 0 Å². The van der Waals surface area contributed by atoms with Crippen LogP contribution >= 0.6 is 0 Å². The molecule has 5 heteroatoms. The van der Waals surface area contributed by atoms with Crippen molar-refractivity contribution in [1.82, 2.24) is 9.19 Å². The first kappa shape index (κ1) is 7.30. The van der Waals surface area contributed by atoms with Crippen molar-refractivity contribution in [2.75, 3.05) is 0 Å². The summed E-state index contributed by atoms with van der Waals surface area (Å²) in [7, 11) is -2.65. The van der Waals surface area contributed by atoms with E-state index < -0.39 is 10.9 Å². The molecule has 0 N–H and O–H groups in total. The van der Waals surface area contributed by atoms with Gasteiger partial charge in [-0.2, -0.15) is 9.19 Å². The van der Waals surface area contributed by atoms with Crippen molar-refractivity contribution in [3.8, 4) is 0 Å². The van der Waals surface area contributed by atoms with E-state index in [4.69, 9.17) is 0 Å². The summed E-state index contributed by atoms with van der Waals surface area (Å²) in [4.78, 5) is 0. The maximum absolute atomic E-state index is 10.6. The molecule has 2 aromatic rings. The molecule has 0 saturated carbocycles. The molecule has 0 bridgehead atoms. The van der Waals surface area contributed by atoms with E-state index in [0.717, 1.165) is 9.47 Å². The molecule has 2 rings (SSSR count). The van der Waals surface area contributed by atoms with Crippen molar-refractivity contribution in [2.45, 2.75) is 0 Å². The van der Waals surface area contributed by atoms with Crippen LogP contribution in [0.25, 0.3) is 10.9 Å². The lowest BCUT2D eigenvalue weighted by molar-refractivity contribution is 0.602. The van der Waals surface area contributed by atoms with Crippen LogP contribution in [0, 0.1) is 0 Å². The quantitative estimate of drug-likeness (QED) is 0.650. The van der Waals surface area contributed by atoms with Crippen molar-refractivity contribution in [2.24, 2.45) is 0 Å². The molecule has 0 radical (unpaired) electrons. The summed E-state index contributed by atoms with van der Waals surface area (Å²) < 4.78 is 22.2. The Labute approximate surface area is 70.5 Å². The molecule has 62 valence electrons. The van der Waals surface area contributed by atoms with E-state index in [1.807, 2.05) is 12.1 Å². The van der Waals surface area contributed by atoms with Gasteiger partial charge in [0.15, 0.2) is 0 Å². The molecule has 12 heavy (non-hydrogen) atoms. The van der Waals surface area contributed by atoms with Gasteiger partial charge in [-0.1, -0.05) is 18.2 Å². The Morgan fingerprint density at radius 1 is 1.25 bits per heavy atom. The lowest BCUT2D eigenvalue weighted by Crippen LogP contribution is -1.96. The molecular weight excluding hydrogens is 176 g/mol. The smallest absolute Gasteiger partial charge is 0.208 e. The predicted molar refractivity (Wildman–Crippen MR) is 45.4 cm³/mol. The summed E-state index contributed by atoms with van der Waals surface area (Å²) in [6.45, 7) is 0. The molecule has 0 amide bonds. The molecule has 1 aromatic heterocycles. The molecule has 0 spiro atoms. The van der Waals surface area contributed by atoms with Gasteiger partial charge in [-0.15, -0.1) is 0 Å². The monoisotopic (exact) mass is 182 g/mol. The van der Waals surface area contributed by atoms with Crippen molar-refractivity contribution < 1.29 is 8.42 Å². The highest BCUT2D eigenvalue weighted by molar-refractivity contribution is 7.70. The van der Waals surface area contributed by atoms with Gasteiger partial charge in [0.1, 0.15) is 0 Å². The van der Waals surface area contributed by atoms with E-state index in [9.17, 15) is 8.42 Å². The Morgan fingerprint density at radius 2 is 2.00 bits per heavy atom. The number of thiol groups is 1. The highest BCUT2D eigenvalue weighted by Gasteiger charge is 2.00. The molecule has 0 saturated heterocycles. The zero-order valence-corrected chi connectivity index (χ0v) is 6.94. The van der Waals surface area contributed by atoms with Crippen LogP contribution in [0.4, 0.5) is 0 Å². The fraction of sp³-hybridized carbons (Fsp3) is 0. The first-order valence-electron chi connectivity index (χ1n) is 3.36. The normalized spacial score (nSPS) is 11.1. The highest BCUT2D eigenvalue weighted by atomic mass is 32.2. The Kier molecular flexibility index (Phi) is 1.58. The van der Waals surface area contributed by atoms with Crippen molar-refractivity contribution in [3.05, 3.63) is 30.5 Å². The Morgan fingerprint density at radius 3 is 2.75 bits per heavy atom. The van der Waals surface area contributed by atoms with Crippen molar-refractivity contribution >= 4 is 21.8 Å². The third-order valence-electron chi connectivity index (χ3n) is 1.61. The average molecular weight is 182 g/mol. The van der Waals surface area contributed by atoms with Crippen LogP contribution in [0.2, 0.25) is 0 Å². The third kappa shape index (κ3) is 0.984. The number of fused-ring (bicyclic) bond motifs is 1. The van der Waals surface area contributed by atoms with Crippen LogP contribution in [0.1, 0.15) is 0 Å². The van der Waals surface area contributed by atoms with Crippen molar-refractivity contribution in [1.29, 1.82) is 0 Å². The molecule has 0 aliphatic rings. The van der Waals surface area contributed by atoms with Crippen molar-refractivity contribution in [3.63, 3.8) is 0 Å². The number of hydrogen-bond acceptors (Lipinski definition) is 3. The summed E-state index contributed by atoms with van der Waals surface area (Å²) >= 11 is 0. The van der Waals surface area contributed by atoms with Crippen LogP contribution < -0.4 is 0 Å². The second kappa shape index (κ2) is 2.60. The van der Waals surface area contributed by atoms with E-state index in [-0.39, 0.29) is 0 Å². The Hall–Kier alpha value is -1.36. The zero-order valence-electron chi connectivity index (χ0n) is 6.04. The Bertz CT molecular complexity index is 479. The summed E-state index contributed by atoms with van der Waals surface area (Å²) in [5.41, 5.74) is 0.619. The standard InChI is InChI=1S/C7H6N2O2S/c10-12(11)9-7-4-2-1-3-6(7)5-8-9/h1-5,12H. The minimum Gasteiger partial charge on any atom is -0.208 e. The van der Waals surface area contributed by atoms with Gasteiger partial charge in [0.2, 0.25) is 10.9 Å². The van der Waals surface area contributed by atoms with E-state index in [2.05, 4.69) is 5.10 Å². The number of aromatic nitrogens is 2. The number of para-hydroxylation sites is 1. The maximum Gasteiger partial charge on any atom is 0.244 e. The molecule has 0 fully saturated rings. The lowest BCUT2D eigenvalue weighted by Gasteiger charge is -1.90. The fourth-order valence-electron chi connectivity index (χ4n) is 1.09. The van der Waals surface area contributed by atoms with Crippen LogP contribution in [0.3, 0.4) is 0 Å². The molecule has 4 nitrogen and oxygen atoms in total. The fourth-order valence-corrected chi connectivity index (χ4v) is 1.58. The molecule has 0 unspecified atom stereocenters. The van der Waals surface area contributed by atoms with Gasteiger partial charge in [-0.05, 0) is 6.07 Å². The molecular formula is C7H6N2O2S. The van der Waals surface area contributed by atoms with Gasteiger partial charge in [0.25, 0.3) is 0 Å². The van der Waals surface area contributed by atoms with Crippen LogP contribution in [0.15, 0.2) is 30.5 Å². The van der Waals surface area contributed by atoms with Crippen LogP contribution in [-0.2, 0) is 10.9 Å². The molecule has 1 aromatic carbocycles. The Balaban J connectivity index is 2.87. The number of benzene rings is 1. The van der Waals surface area contributed by atoms with Crippen LogP contribution in [0.5, 0.6) is 0 Å². The second-order valence-electron chi connectivity index (χ2n) is 2.33. The zero-order chi connectivity index (χ0) is 8.55. The predicted octanol–water partition coefficient (Wildman–Crippen LogP) is 0.411. The van der Waals surface area contributed by atoms with Gasteiger partial charge < -0.3 is 0 Å². The first-order valence-corrected chi connectivity index (χ1v) is 4.49. The summed E-state index contributed by atoms with van der Waals surface area (Å²) in [5, 5.41) is 4.55. The molecule has 0 atom stereocenters. The van der Waals surface area contributed by atoms with Gasteiger partial charge in [0, 0.05) is 5.39 Å². The third-order valence-corrected chi connectivity index (χ3v) is 2.24. The SMILES string of the molecule is O=[SH](=O)n1ncc2ccccc21. The van der Waals surface area contributed by atoms with E-state index in [1.54, 1.807) is 12.1 Å². The summed E-state index contributed by atoms with van der Waals surface area (Å²) in [6, 6.07) is 7.15. The van der Waals surface area contributed by atoms with Gasteiger partial charge in [-0.25, -0.2) is 8.42 Å². The van der Waals surface area contributed by atoms with E-state index in [0.29, 0.717) is 5.52 Å². The minimum absolute atomic E-state index is 0.619. The summed E-state index contributed by atoms with van der Waals surface area (Å²) in [6.07, 6.45) is 1.53. The molecule has 1 heterocycles. The average Bonchev–Trinajstić information content (AvgIpc) is 2.47. The highest BCUT2D eigenvalue weighted by Crippen LogP contribution is 2.11. The van der Waals surface area contributed by atoms with Gasteiger partial charge in [-0.3, -0.25) is 0 Å². The first-order chi connectivity index (χ1) is 5.79. The minimum atomic E-state index is -2.65. The van der Waals surface area contributed by atoms with Gasteiger partial charge in [0.05, 0.1) is 11.7 Å². The molecule has 0 aliphatic carbocycles. The number of nitrogens with zero attached hydrogens (tertiary/aromatic N) is 2. The molecule has 0 aliphatic heterocycles. The van der Waals surface area contributed by atoms with Gasteiger partial charge >= 0.3 is 0 Å². The summed E-state index contributed by atoms with van der Waals surface area (Å²) in [5.74, 6) is 0. The largest absolute Gasteiger partial charge is 0.244 e. The van der Waals surface area contributed by atoms with Crippen LogP contribution in [-0.4, -0.2) is 17.6 Å². The number of hydrogen-bond donors (Lipinski definition) is 1. The topological polar surface area (TPSA) is 52.0 Å². The number of rotatable bonds is 1.